The number of halogens is 7. The predicted molar refractivity (Wildman–Crippen MR) is 111 cm³/mol. The molecule has 1 heterocycles. The first-order valence-corrected chi connectivity index (χ1v) is 11.0. The van der Waals surface area contributed by atoms with Crippen molar-refractivity contribution in [3.05, 3.63) is 70.5 Å². The van der Waals surface area contributed by atoms with Crippen molar-refractivity contribution in [2.45, 2.75) is 37.2 Å². The highest BCUT2D eigenvalue weighted by molar-refractivity contribution is 5.90. The Labute approximate surface area is 200 Å². The lowest BCUT2D eigenvalue weighted by Crippen LogP contribution is -2.38. The van der Waals surface area contributed by atoms with E-state index in [1.54, 1.807) is 0 Å². The summed E-state index contributed by atoms with van der Waals surface area (Å²) in [6.07, 6.45) is -11.7. The Hall–Kier alpha value is -3.31. The van der Waals surface area contributed by atoms with Crippen molar-refractivity contribution in [3.8, 4) is 0 Å². The number of hydrogen-bond donors (Lipinski definition) is 1. The molecular weight excluding hydrogens is 499 g/mol. The lowest BCUT2D eigenvalue weighted by atomic mass is 9.69. The van der Waals surface area contributed by atoms with Gasteiger partial charge in [-0.2, -0.15) is 26.3 Å². The van der Waals surface area contributed by atoms with Gasteiger partial charge in [-0.1, -0.05) is 12.1 Å². The third kappa shape index (κ3) is 5.26. The number of benzene rings is 2. The number of ether oxygens (including phenoxy) is 1. The van der Waals surface area contributed by atoms with E-state index in [9.17, 15) is 45.4 Å². The molecule has 4 rings (SSSR count). The smallest absolute Gasteiger partial charge is 0.416 e. The minimum absolute atomic E-state index is 0.0810. The van der Waals surface area contributed by atoms with Crippen molar-refractivity contribution in [3.63, 3.8) is 0 Å². The van der Waals surface area contributed by atoms with Crippen LogP contribution in [-0.4, -0.2) is 41.3 Å². The normalized spacial score (nSPS) is 24.4. The number of likely N-dealkylation sites (tertiary alicyclic amines) is 1. The number of alkyl halides is 6. The van der Waals surface area contributed by atoms with Crippen LogP contribution in [0.1, 0.15) is 45.8 Å². The van der Waals surface area contributed by atoms with Crippen molar-refractivity contribution in [1.29, 1.82) is 0 Å². The van der Waals surface area contributed by atoms with Crippen molar-refractivity contribution in [1.82, 2.24) is 4.90 Å². The molecule has 36 heavy (non-hydrogen) atoms. The van der Waals surface area contributed by atoms with Gasteiger partial charge in [0.2, 0.25) is 0 Å². The highest BCUT2D eigenvalue weighted by Crippen LogP contribution is 2.47. The first kappa shape index (κ1) is 25.8. The molecule has 1 aliphatic heterocycles. The third-order valence-corrected chi connectivity index (χ3v) is 6.78. The van der Waals surface area contributed by atoms with Gasteiger partial charge in [-0.25, -0.2) is 14.0 Å². The second-order valence-electron chi connectivity index (χ2n) is 9.00. The zero-order valence-corrected chi connectivity index (χ0v) is 18.4. The van der Waals surface area contributed by atoms with E-state index in [1.165, 1.54) is 29.2 Å². The Morgan fingerprint density at radius 1 is 0.889 bits per heavy atom. The summed E-state index contributed by atoms with van der Waals surface area (Å²) in [5.41, 5.74) is -3.67. The number of nitrogens with zero attached hydrogens (tertiary/aromatic N) is 1. The standard InChI is InChI=1S/C24H20F7NO4/c25-17-4-1-12(2-5-17)20-18-11-32(22(34)35)10-13(18)3-6-19(20)36-21(33)14-7-15(23(26,27)28)9-16(8-14)24(29,30)31/h1-2,4-5,7-9,13,18-20H,3,6,10-11H2,(H,34,35)/t13-,18+,19-,20-/m0/s1. The van der Waals surface area contributed by atoms with Crippen LogP contribution in [0.5, 0.6) is 0 Å². The van der Waals surface area contributed by atoms with Crippen molar-refractivity contribution >= 4 is 12.1 Å². The van der Waals surface area contributed by atoms with Gasteiger partial charge in [-0.3, -0.25) is 0 Å². The van der Waals surface area contributed by atoms with Gasteiger partial charge in [0.25, 0.3) is 0 Å². The van der Waals surface area contributed by atoms with Crippen molar-refractivity contribution < 1.29 is 50.2 Å². The fraction of sp³-hybridized carbons (Fsp3) is 0.417. The van der Waals surface area contributed by atoms with Crippen LogP contribution in [0.2, 0.25) is 0 Å². The fourth-order valence-electron chi connectivity index (χ4n) is 5.16. The van der Waals surface area contributed by atoms with Crippen LogP contribution in [0.15, 0.2) is 42.5 Å². The molecule has 2 fully saturated rings. The Morgan fingerprint density at radius 2 is 1.47 bits per heavy atom. The number of rotatable bonds is 3. The molecule has 2 aliphatic rings. The molecule has 194 valence electrons. The number of hydrogen-bond acceptors (Lipinski definition) is 3. The molecule has 1 saturated heterocycles. The van der Waals surface area contributed by atoms with E-state index in [4.69, 9.17) is 4.74 Å². The monoisotopic (exact) mass is 519 g/mol. The summed E-state index contributed by atoms with van der Waals surface area (Å²) >= 11 is 0. The average molecular weight is 519 g/mol. The number of esters is 1. The zero-order chi connectivity index (χ0) is 26.4. The topological polar surface area (TPSA) is 66.8 Å². The highest BCUT2D eigenvalue weighted by Gasteiger charge is 2.48. The quantitative estimate of drug-likeness (QED) is 0.388. The van der Waals surface area contributed by atoms with Crippen LogP contribution in [0, 0.1) is 17.7 Å². The molecule has 5 nitrogen and oxygen atoms in total. The van der Waals surface area contributed by atoms with E-state index in [1.807, 2.05) is 0 Å². The van der Waals surface area contributed by atoms with Gasteiger partial charge in [0.05, 0.1) is 16.7 Å². The van der Waals surface area contributed by atoms with Gasteiger partial charge >= 0.3 is 24.4 Å². The number of amides is 1. The lowest BCUT2D eigenvalue weighted by Gasteiger charge is -2.39. The molecule has 4 atom stereocenters. The van der Waals surface area contributed by atoms with Gasteiger partial charge in [0.1, 0.15) is 11.9 Å². The number of carbonyl (C=O) groups is 2. The Morgan fingerprint density at radius 3 is 2.00 bits per heavy atom. The van der Waals surface area contributed by atoms with E-state index >= 15 is 0 Å². The minimum atomic E-state index is -5.13. The summed E-state index contributed by atoms with van der Waals surface area (Å²) < 4.78 is 98.3. The molecule has 2 aromatic carbocycles. The maximum atomic E-state index is 13.5. The predicted octanol–water partition coefficient (Wildman–Crippen LogP) is 6.19. The summed E-state index contributed by atoms with van der Waals surface area (Å²) in [5.74, 6) is -2.98. The van der Waals surface area contributed by atoms with E-state index < -0.39 is 58.9 Å². The Balaban J connectivity index is 1.67. The first-order valence-electron chi connectivity index (χ1n) is 11.0. The molecule has 0 radical (unpaired) electrons. The Bertz CT molecular complexity index is 1110. The summed E-state index contributed by atoms with van der Waals surface area (Å²) in [6.45, 7) is 0.332. The van der Waals surface area contributed by atoms with E-state index in [2.05, 4.69) is 0 Å². The van der Waals surface area contributed by atoms with Crippen LogP contribution in [0.3, 0.4) is 0 Å². The van der Waals surface area contributed by atoms with E-state index in [0.717, 1.165) is 0 Å². The highest BCUT2D eigenvalue weighted by atomic mass is 19.4. The molecule has 1 N–H and O–H groups in total. The van der Waals surface area contributed by atoms with Gasteiger partial charge in [-0.15, -0.1) is 0 Å². The first-order chi connectivity index (χ1) is 16.7. The van der Waals surface area contributed by atoms with Crippen LogP contribution in [0.4, 0.5) is 35.5 Å². The van der Waals surface area contributed by atoms with Crippen molar-refractivity contribution in [2.75, 3.05) is 13.1 Å². The molecule has 12 heteroatoms. The second-order valence-corrected chi connectivity index (χ2v) is 9.00. The summed E-state index contributed by atoms with van der Waals surface area (Å²) in [4.78, 5) is 25.6. The van der Waals surface area contributed by atoms with Crippen LogP contribution in [0.25, 0.3) is 0 Å². The van der Waals surface area contributed by atoms with Gasteiger partial charge in [-0.05, 0) is 60.6 Å². The third-order valence-electron chi connectivity index (χ3n) is 6.78. The molecule has 2 aromatic rings. The summed E-state index contributed by atoms with van der Waals surface area (Å²) in [7, 11) is 0. The Kier molecular flexibility index (Phi) is 6.65. The molecule has 0 bridgehead atoms. The number of carboxylic acid groups (broad SMARTS) is 1. The molecular formula is C24H20F7NO4. The van der Waals surface area contributed by atoms with Gasteiger partial charge in [0.15, 0.2) is 0 Å². The van der Waals surface area contributed by atoms with Crippen LogP contribution in [-0.2, 0) is 17.1 Å². The molecule has 1 aliphatic carbocycles. The molecule has 0 unspecified atom stereocenters. The molecule has 0 spiro atoms. The average Bonchev–Trinajstić information content (AvgIpc) is 3.23. The number of fused-ring (bicyclic) bond motifs is 1. The van der Waals surface area contributed by atoms with Crippen LogP contribution < -0.4 is 0 Å². The minimum Gasteiger partial charge on any atom is -0.465 e. The zero-order valence-electron chi connectivity index (χ0n) is 18.4. The largest absolute Gasteiger partial charge is 0.465 e. The lowest BCUT2D eigenvalue weighted by molar-refractivity contribution is -0.143. The summed E-state index contributed by atoms with van der Waals surface area (Å²) in [6, 6.07) is 5.75. The molecule has 1 saturated carbocycles. The molecule has 0 aromatic heterocycles. The van der Waals surface area contributed by atoms with Crippen molar-refractivity contribution in [2.24, 2.45) is 11.8 Å². The SMILES string of the molecule is O=C(O[C@H]1CC[C@H]2CN(C(=O)O)C[C@H]2[C@@H]1c1ccc(F)cc1)c1cc(C(F)(F)F)cc(C(F)(F)F)c1. The molecule has 1 amide bonds. The second kappa shape index (κ2) is 9.29. The van der Waals surface area contributed by atoms with Crippen LogP contribution >= 0.6 is 0 Å². The van der Waals surface area contributed by atoms with Gasteiger partial charge < -0.3 is 14.7 Å². The maximum absolute atomic E-state index is 13.5. The fourth-order valence-corrected chi connectivity index (χ4v) is 5.16. The number of carbonyl (C=O) groups excluding carboxylic acids is 1. The maximum Gasteiger partial charge on any atom is 0.416 e. The van der Waals surface area contributed by atoms with E-state index in [0.29, 0.717) is 24.1 Å². The van der Waals surface area contributed by atoms with Gasteiger partial charge in [0, 0.05) is 19.0 Å². The summed E-state index contributed by atoms with van der Waals surface area (Å²) in [5, 5.41) is 9.40. The van der Waals surface area contributed by atoms with E-state index in [-0.39, 0.29) is 37.4 Å².